The monoisotopic (exact) mass is 113 g/mol. The summed E-state index contributed by atoms with van der Waals surface area (Å²) in [5.74, 6) is -1.44. The van der Waals surface area contributed by atoms with E-state index in [2.05, 4.69) is 5.73 Å². The van der Waals surface area contributed by atoms with Crippen LogP contribution in [0, 0.1) is 0 Å². The van der Waals surface area contributed by atoms with Gasteiger partial charge in [0.05, 0.1) is 0 Å². The normalized spacial score (nSPS) is 11.6. The molecule has 6 heteroatoms. The minimum absolute atomic E-state index is 1.44. The molecule has 0 saturated heterocycles. The van der Waals surface area contributed by atoms with Gasteiger partial charge >= 0.3 is 0 Å². The van der Waals surface area contributed by atoms with Crippen LogP contribution in [0.2, 0.25) is 0 Å². The number of guanidine groups is 1. The lowest BCUT2D eigenvalue weighted by molar-refractivity contribution is -0.0767. The molecule has 0 radical (unpaired) electrons. The van der Waals surface area contributed by atoms with E-state index in [-0.39, 0.29) is 0 Å². The SMILES string of the molecule is NC(=NF)N(F)F. The molecule has 0 aromatic carbocycles. The van der Waals surface area contributed by atoms with Crippen LogP contribution in [0.1, 0.15) is 0 Å². The predicted molar refractivity (Wildman–Crippen MR) is 16.8 cm³/mol. The molecule has 0 spiro atoms. The molecule has 2 N–H and O–H groups in total. The van der Waals surface area contributed by atoms with Gasteiger partial charge in [-0.3, -0.25) is 0 Å². The molecule has 3 nitrogen and oxygen atoms in total. The van der Waals surface area contributed by atoms with Gasteiger partial charge < -0.3 is 5.73 Å². The van der Waals surface area contributed by atoms with Crippen molar-refractivity contribution in [3.8, 4) is 0 Å². The Morgan fingerprint density at radius 2 is 2.00 bits per heavy atom. The highest BCUT2D eigenvalue weighted by molar-refractivity contribution is 5.74. The zero-order chi connectivity index (χ0) is 5.86. The summed E-state index contributed by atoms with van der Waals surface area (Å²) in [6, 6.07) is 0. The van der Waals surface area contributed by atoms with Crippen LogP contribution in [0.15, 0.2) is 5.21 Å². The lowest BCUT2D eigenvalue weighted by atomic mass is 11.1. The zero-order valence-electron chi connectivity index (χ0n) is 3.11. The van der Waals surface area contributed by atoms with E-state index in [1.165, 1.54) is 5.21 Å². The van der Waals surface area contributed by atoms with Crippen molar-refractivity contribution in [1.82, 2.24) is 5.34 Å². The van der Waals surface area contributed by atoms with E-state index < -0.39 is 11.3 Å². The molecular formula is CH2F3N3. The fraction of sp³-hybridized carbons (Fsp3) is 0. The second-order valence-corrected chi connectivity index (χ2v) is 0.676. The zero-order valence-corrected chi connectivity index (χ0v) is 3.11. The first-order valence-electron chi connectivity index (χ1n) is 1.24. The van der Waals surface area contributed by atoms with Gasteiger partial charge in [0.25, 0.3) is 5.96 Å². The quantitative estimate of drug-likeness (QED) is 0.278. The van der Waals surface area contributed by atoms with Crippen molar-refractivity contribution >= 4 is 5.96 Å². The molecule has 0 aliphatic rings. The number of rotatable bonds is 0. The van der Waals surface area contributed by atoms with E-state index in [0.29, 0.717) is 0 Å². The van der Waals surface area contributed by atoms with Crippen LogP contribution in [-0.4, -0.2) is 11.3 Å². The second kappa shape index (κ2) is 2.27. The molecule has 0 fully saturated rings. The van der Waals surface area contributed by atoms with Gasteiger partial charge in [0.1, 0.15) is 0 Å². The Morgan fingerprint density at radius 3 is 2.00 bits per heavy atom. The van der Waals surface area contributed by atoms with Crippen LogP contribution >= 0.6 is 0 Å². The maximum Gasteiger partial charge on any atom is 0.288 e. The molecule has 42 valence electrons. The largest absolute Gasteiger partial charge is 0.363 e. The third-order valence-electron chi connectivity index (χ3n) is 0.260. The summed E-state index contributed by atoms with van der Waals surface area (Å²) < 4.78 is 32.1. The van der Waals surface area contributed by atoms with Crippen molar-refractivity contribution in [3.05, 3.63) is 0 Å². The smallest absolute Gasteiger partial charge is 0.288 e. The number of nitrogens with two attached hydrogens (primary N) is 1. The maximum absolute atomic E-state index is 10.8. The molecule has 0 aromatic rings. The average molecular weight is 113 g/mol. The van der Waals surface area contributed by atoms with E-state index in [9.17, 15) is 13.4 Å². The molecule has 0 aromatic heterocycles. The highest BCUT2D eigenvalue weighted by Gasteiger charge is 2.00. The lowest BCUT2D eigenvalue weighted by Crippen LogP contribution is -2.22. The first-order chi connectivity index (χ1) is 3.18. The third kappa shape index (κ3) is 1.85. The molecule has 0 bridgehead atoms. The van der Waals surface area contributed by atoms with E-state index >= 15 is 0 Å². The molecule has 0 aliphatic carbocycles. The lowest BCUT2D eigenvalue weighted by Gasteiger charge is -1.92. The minimum Gasteiger partial charge on any atom is -0.363 e. The molecule has 0 unspecified atom stereocenters. The Morgan fingerprint density at radius 1 is 1.57 bits per heavy atom. The Labute approximate surface area is 37.0 Å². The number of hydrogen-bond donors (Lipinski definition) is 1. The van der Waals surface area contributed by atoms with Crippen LogP contribution in [-0.2, 0) is 0 Å². The standard InChI is InChI=1S/CH2F3N3/c2-6-1(5)7(3)4/h(H2,5,6). The van der Waals surface area contributed by atoms with Gasteiger partial charge in [0.2, 0.25) is 0 Å². The molecule has 0 aliphatic heterocycles. The highest BCUT2D eigenvalue weighted by Crippen LogP contribution is 1.86. The first kappa shape index (κ1) is 6.06. The Balaban J connectivity index is 3.56. The van der Waals surface area contributed by atoms with Crippen molar-refractivity contribution in [2.45, 2.75) is 0 Å². The molecule has 0 saturated carbocycles. The summed E-state index contributed by atoms with van der Waals surface area (Å²) in [6.45, 7) is 0. The highest BCUT2D eigenvalue weighted by atomic mass is 19.4. The summed E-state index contributed by atoms with van der Waals surface area (Å²) in [4.78, 5) is 0. The van der Waals surface area contributed by atoms with Gasteiger partial charge in [-0.1, -0.05) is 13.4 Å². The van der Waals surface area contributed by atoms with Gasteiger partial charge in [-0.2, -0.15) is 0 Å². The van der Waals surface area contributed by atoms with Gasteiger partial charge in [0.15, 0.2) is 0 Å². The van der Waals surface area contributed by atoms with E-state index in [1.54, 1.807) is 0 Å². The van der Waals surface area contributed by atoms with Crippen LogP contribution in [0.3, 0.4) is 0 Å². The predicted octanol–water partition coefficient (Wildman–Crippen LogP) is 0.257. The summed E-state index contributed by atoms with van der Waals surface area (Å²) in [6.07, 6.45) is 0. The molecule has 0 atom stereocenters. The Hall–Kier alpha value is -0.940. The van der Waals surface area contributed by atoms with Crippen LogP contribution in [0.25, 0.3) is 0 Å². The summed E-state index contributed by atoms with van der Waals surface area (Å²) in [7, 11) is 0. The molecule has 7 heavy (non-hydrogen) atoms. The molecular weight excluding hydrogens is 111 g/mol. The van der Waals surface area contributed by atoms with Crippen LogP contribution in [0.4, 0.5) is 13.4 Å². The maximum atomic E-state index is 10.8. The van der Waals surface area contributed by atoms with Crippen molar-refractivity contribution < 1.29 is 13.4 Å². The van der Waals surface area contributed by atoms with Gasteiger partial charge in [0, 0.05) is 0 Å². The average Bonchev–Trinajstić information content (AvgIpc) is 1.65. The van der Waals surface area contributed by atoms with E-state index in [4.69, 9.17) is 0 Å². The number of hydrogen-bond acceptors (Lipinski definition) is 1. The van der Waals surface area contributed by atoms with E-state index in [1.807, 2.05) is 0 Å². The van der Waals surface area contributed by atoms with Crippen molar-refractivity contribution in [1.29, 1.82) is 0 Å². The number of halogens is 3. The fourth-order valence-corrected chi connectivity index (χ4v) is 0.0286. The second-order valence-electron chi connectivity index (χ2n) is 0.676. The summed E-state index contributed by atoms with van der Waals surface area (Å²) in [5.41, 5.74) is 4.17. The van der Waals surface area contributed by atoms with Crippen molar-refractivity contribution in [3.63, 3.8) is 0 Å². The molecule has 0 rings (SSSR count). The Kier molecular flexibility index (Phi) is 1.97. The van der Waals surface area contributed by atoms with Crippen molar-refractivity contribution in [2.75, 3.05) is 0 Å². The molecule has 0 heterocycles. The Bertz CT molecular complexity index is 78.2. The topological polar surface area (TPSA) is 41.6 Å². The van der Waals surface area contributed by atoms with Crippen LogP contribution in [0.5, 0.6) is 0 Å². The van der Waals surface area contributed by atoms with Gasteiger partial charge in [-0.05, 0) is 10.6 Å². The van der Waals surface area contributed by atoms with Crippen LogP contribution < -0.4 is 5.73 Å². The van der Waals surface area contributed by atoms with Gasteiger partial charge in [-0.15, -0.1) is 0 Å². The summed E-state index contributed by atoms with van der Waals surface area (Å²) >= 11 is 0. The first-order valence-corrected chi connectivity index (χ1v) is 1.24. The number of nitrogens with zero attached hydrogens (tertiary/aromatic N) is 2. The van der Waals surface area contributed by atoms with Gasteiger partial charge in [-0.25, -0.2) is 0 Å². The minimum atomic E-state index is -1.62. The third-order valence-corrected chi connectivity index (χ3v) is 0.260. The summed E-state index contributed by atoms with van der Waals surface area (Å²) in [5, 5.41) is -0.167. The molecule has 0 amide bonds. The fourth-order valence-electron chi connectivity index (χ4n) is 0.0286. The van der Waals surface area contributed by atoms with E-state index in [0.717, 1.165) is 0 Å². The van der Waals surface area contributed by atoms with Crippen molar-refractivity contribution in [2.24, 2.45) is 10.9 Å².